The number of nitrogens with one attached hydrogen (secondary N) is 1. The predicted octanol–water partition coefficient (Wildman–Crippen LogP) is 1.10. The summed E-state index contributed by atoms with van der Waals surface area (Å²) in [7, 11) is 0. The van der Waals surface area contributed by atoms with Crippen molar-refractivity contribution >= 4 is 11.8 Å². The van der Waals surface area contributed by atoms with E-state index in [1.807, 2.05) is 18.5 Å². The van der Waals surface area contributed by atoms with Crippen molar-refractivity contribution in [3.8, 4) is 0 Å². The third-order valence-electron chi connectivity index (χ3n) is 0.929. The monoisotopic (exact) mass is 143 g/mol. The van der Waals surface area contributed by atoms with Crippen LogP contribution in [0.15, 0.2) is 23.4 Å². The summed E-state index contributed by atoms with van der Waals surface area (Å²) in [4.78, 5) is 4.12. The summed E-state index contributed by atoms with van der Waals surface area (Å²) >= 11 is 1.65. The van der Waals surface area contributed by atoms with Gasteiger partial charge in [0, 0.05) is 23.0 Å². The van der Waals surface area contributed by atoms with Crippen LogP contribution >= 0.6 is 11.8 Å². The molecule has 0 spiro atoms. The molecule has 0 aliphatic heterocycles. The van der Waals surface area contributed by atoms with Crippen LogP contribution in [0.2, 0.25) is 0 Å². The van der Waals surface area contributed by atoms with Gasteiger partial charge in [-0.05, 0) is 6.07 Å². The van der Waals surface area contributed by atoms with E-state index >= 15 is 0 Å². The zero-order valence-electron chi connectivity index (χ0n) is 5.00. The van der Waals surface area contributed by atoms with Gasteiger partial charge in [0.1, 0.15) is 0 Å². The van der Waals surface area contributed by atoms with Gasteiger partial charge >= 0.3 is 0 Å². The molecule has 0 radical (unpaired) electrons. The fourth-order valence-corrected chi connectivity index (χ4v) is 1.20. The van der Waals surface area contributed by atoms with Crippen molar-refractivity contribution in [3.05, 3.63) is 18.5 Å². The number of aromatic amines is 1. The normalized spacial score (nSPS) is 9.89. The van der Waals surface area contributed by atoms with Gasteiger partial charge in [0.2, 0.25) is 0 Å². The topological polar surface area (TPSA) is 36.0 Å². The Morgan fingerprint density at radius 2 is 2.56 bits per heavy atom. The summed E-state index contributed by atoms with van der Waals surface area (Å²) in [6.45, 7) is 0.246. The number of thioether (sulfide) groups is 1. The molecule has 0 unspecified atom stereocenters. The molecule has 0 atom stereocenters. The number of rotatable bonds is 3. The molecular weight excluding hydrogens is 134 g/mol. The van der Waals surface area contributed by atoms with Crippen LogP contribution in [0.5, 0.6) is 0 Å². The lowest BCUT2D eigenvalue weighted by atomic mass is 10.7. The largest absolute Gasteiger partial charge is 0.396 e. The van der Waals surface area contributed by atoms with E-state index in [0.717, 1.165) is 5.75 Å². The van der Waals surface area contributed by atoms with Crippen molar-refractivity contribution in [3.63, 3.8) is 0 Å². The number of aliphatic hydroxyl groups is 1. The Balaban J connectivity index is 2.30. The number of hydrogen-bond donors (Lipinski definition) is 2. The van der Waals surface area contributed by atoms with Crippen LogP contribution in [0.1, 0.15) is 0 Å². The van der Waals surface area contributed by atoms with Crippen molar-refractivity contribution in [2.24, 2.45) is 0 Å². The smallest absolute Gasteiger partial charge is 0.0525 e. The molecule has 1 aromatic rings. The lowest BCUT2D eigenvalue weighted by Crippen LogP contribution is -1.83. The Morgan fingerprint density at radius 3 is 3.11 bits per heavy atom. The second kappa shape index (κ2) is 3.58. The van der Waals surface area contributed by atoms with E-state index in [4.69, 9.17) is 5.11 Å². The van der Waals surface area contributed by atoms with Gasteiger partial charge < -0.3 is 10.1 Å². The van der Waals surface area contributed by atoms with Crippen LogP contribution in [0, 0.1) is 0 Å². The number of H-pyrrole nitrogens is 1. The van der Waals surface area contributed by atoms with Gasteiger partial charge in [-0.3, -0.25) is 0 Å². The predicted molar refractivity (Wildman–Crippen MR) is 38.6 cm³/mol. The highest BCUT2D eigenvalue weighted by Crippen LogP contribution is 2.14. The summed E-state index contributed by atoms with van der Waals surface area (Å²) in [5.41, 5.74) is 0. The third kappa shape index (κ3) is 2.11. The molecule has 1 heterocycles. The zero-order valence-corrected chi connectivity index (χ0v) is 5.82. The minimum Gasteiger partial charge on any atom is -0.396 e. The lowest BCUT2D eigenvalue weighted by molar-refractivity contribution is 0.322. The Bertz CT molecular complexity index is 150. The first-order valence-electron chi connectivity index (χ1n) is 2.80. The Kier molecular flexibility index (Phi) is 2.67. The Hall–Kier alpha value is -0.410. The summed E-state index contributed by atoms with van der Waals surface area (Å²) < 4.78 is 0. The van der Waals surface area contributed by atoms with Gasteiger partial charge in [-0.1, -0.05) is 0 Å². The van der Waals surface area contributed by atoms with E-state index in [2.05, 4.69) is 4.98 Å². The molecule has 2 N–H and O–H groups in total. The molecule has 0 saturated heterocycles. The highest BCUT2D eigenvalue weighted by atomic mass is 32.2. The van der Waals surface area contributed by atoms with E-state index in [0.29, 0.717) is 0 Å². The molecule has 0 aliphatic carbocycles. The van der Waals surface area contributed by atoms with E-state index in [-0.39, 0.29) is 6.61 Å². The quantitative estimate of drug-likeness (QED) is 0.621. The van der Waals surface area contributed by atoms with Gasteiger partial charge in [0.05, 0.1) is 6.61 Å². The molecule has 9 heavy (non-hydrogen) atoms. The van der Waals surface area contributed by atoms with Crippen LogP contribution in [-0.2, 0) is 0 Å². The molecule has 2 nitrogen and oxygen atoms in total. The summed E-state index contributed by atoms with van der Waals surface area (Å²) in [5.74, 6) is 0.776. The number of aromatic nitrogens is 1. The van der Waals surface area contributed by atoms with Crippen LogP contribution in [0.3, 0.4) is 0 Å². The van der Waals surface area contributed by atoms with Crippen LogP contribution in [0.25, 0.3) is 0 Å². The summed E-state index contributed by atoms with van der Waals surface area (Å²) in [5, 5.41) is 8.43. The van der Waals surface area contributed by atoms with Crippen LogP contribution in [0.4, 0.5) is 0 Å². The highest BCUT2D eigenvalue weighted by Gasteiger charge is 1.89. The molecule has 1 aromatic heterocycles. The van der Waals surface area contributed by atoms with Crippen molar-refractivity contribution in [2.45, 2.75) is 4.90 Å². The first-order valence-corrected chi connectivity index (χ1v) is 3.78. The second-order valence-electron chi connectivity index (χ2n) is 1.62. The lowest BCUT2D eigenvalue weighted by Gasteiger charge is -1.90. The molecule has 0 aliphatic rings. The van der Waals surface area contributed by atoms with Gasteiger partial charge in [0.25, 0.3) is 0 Å². The zero-order chi connectivity index (χ0) is 6.53. The highest BCUT2D eigenvalue weighted by molar-refractivity contribution is 7.99. The molecule has 1 rings (SSSR count). The standard InChI is InChI=1S/C6H9NOS/c8-3-4-9-6-1-2-7-5-6/h1-2,5,7-8H,3-4H2. The summed E-state index contributed by atoms with van der Waals surface area (Å²) in [6, 6.07) is 1.99. The van der Waals surface area contributed by atoms with Crippen molar-refractivity contribution in [1.29, 1.82) is 0 Å². The molecule has 0 bridgehead atoms. The first kappa shape index (κ1) is 6.71. The average molecular weight is 143 g/mol. The second-order valence-corrected chi connectivity index (χ2v) is 2.79. The fraction of sp³-hybridized carbons (Fsp3) is 0.333. The van der Waals surface area contributed by atoms with Crippen molar-refractivity contribution in [2.75, 3.05) is 12.4 Å². The van der Waals surface area contributed by atoms with Crippen LogP contribution in [-0.4, -0.2) is 22.5 Å². The van der Waals surface area contributed by atoms with E-state index in [9.17, 15) is 0 Å². The SMILES string of the molecule is OCCSc1cc[nH]c1. The molecule has 50 valence electrons. The van der Waals surface area contributed by atoms with E-state index < -0.39 is 0 Å². The van der Waals surface area contributed by atoms with E-state index in [1.165, 1.54) is 4.90 Å². The molecule has 0 fully saturated rings. The molecule has 0 aromatic carbocycles. The maximum atomic E-state index is 8.43. The number of aliphatic hydroxyl groups excluding tert-OH is 1. The van der Waals surface area contributed by atoms with Gasteiger partial charge in [0.15, 0.2) is 0 Å². The average Bonchev–Trinajstić information content (AvgIpc) is 2.34. The Labute approximate surface area is 58.3 Å². The van der Waals surface area contributed by atoms with E-state index in [1.54, 1.807) is 11.8 Å². The maximum Gasteiger partial charge on any atom is 0.0525 e. The molecule has 0 saturated carbocycles. The Morgan fingerprint density at radius 1 is 1.67 bits per heavy atom. The molecular formula is C6H9NOS. The molecule has 0 amide bonds. The van der Waals surface area contributed by atoms with Gasteiger partial charge in [-0.2, -0.15) is 0 Å². The minimum absolute atomic E-state index is 0.246. The first-order chi connectivity index (χ1) is 4.43. The van der Waals surface area contributed by atoms with Crippen molar-refractivity contribution in [1.82, 2.24) is 4.98 Å². The minimum atomic E-state index is 0.246. The van der Waals surface area contributed by atoms with Crippen molar-refractivity contribution < 1.29 is 5.11 Å². The number of hydrogen-bond acceptors (Lipinski definition) is 2. The molecule has 3 heteroatoms. The fourth-order valence-electron chi connectivity index (χ4n) is 0.562. The van der Waals surface area contributed by atoms with Gasteiger partial charge in [-0.25, -0.2) is 0 Å². The summed E-state index contributed by atoms with van der Waals surface area (Å²) in [6.07, 6.45) is 3.79. The van der Waals surface area contributed by atoms with Crippen LogP contribution < -0.4 is 0 Å². The maximum absolute atomic E-state index is 8.43. The third-order valence-corrected chi connectivity index (χ3v) is 1.90. The van der Waals surface area contributed by atoms with Gasteiger partial charge in [-0.15, -0.1) is 11.8 Å².